The smallest absolute Gasteiger partial charge is 0.0392 e. The van der Waals surface area contributed by atoms with Crippen LogP contribution >= 0.6 is 0 Å². The monoisotopic (exact) mass is 192 g/mol. The van der Waals surface area contributed by atoms with Crippen molar-refractivity contribution in [3.8, 4) is 0 Å². The van der Waals surface area contributed by atoms with Gasteiger partial charge in [-0.2, -0.15) is 0 Å². The average molecular weight is 192 g/mol. The maximum Gasteiger partial charge on any atom is -0.0392 e. The van der Waals surface area contributed by atoms with Gasteiger partial charge in [-0.1, -0.05) is 13.8 Å². The van der Waals surface area contributed by atoms with E-state index in [-0.39, 0.29) is 0 Å². The minimum Gasteiger partial charge on any atom is -0.0683 e. The number of rotatable bonds is 0. The summed E-state index contributed by atoms with van der Waals surface area (Å²) in [5.74, 6) is 0. The molecular formula is C14H24. The molecule has 0 spiro atoms. The number of hydrogen-bond acceptors (Lipinski definition) is 0. The predicted molar refractivity (Wildman–Crippen MR) is 66.2 cm³/mol. The summed E-state index contributed by atoms with van der Waals surface area (Å²) >= 11 is 0. The fourth-order valence-corrected chi connectivity index (χ4v) is 1.69. The van der Waals surface area contributed by atoms with Gasteiger partial charge >= 0.3 is 0 Å². The highest BCUT2D eigenvalue weighted by Crippen LogP contribution is 2.24. The Bertz CT molecular complexity index is 214. The Balaban J connectivity index is 0.000000791. The van der Waals surface area contributed by atoms with Crippen LogP contribution < -0.4 is 0 Å². The molecule has 0 nitrogen and oxygen atoms in total. The van der Waals surface area contributed by atoms with Crippen LogP contribution in [0.5, 0.6) is 0 Å². The maximum atomic E-state index is 2.21. The molecule has 0 atom stereocenters. The van der Waals surface area contributed by atoms with Gasteiger partial charge in [-0.3, -0.25) is 0 Å². The van der Waals surface area contributed by atoms with Gasteiger partial charge in [0.25, 0.3) is 0 Å². The van der Waals surface area contributed by atoms with Crippen molar-refractivity contribution in [3.63, 3.8) is 0 Å². The van der Waals surface area contributed by atoms with Gasteiger partial charge in [-0.15, -0.1) is 0 Å². The third kappa shape index (κ3) is 2.17. The molecule has 1 aromatic carbocycles. The lowest BCUT2D eigenvalue weighted by atomic mass is 9.90. The van der Waals surface area contributed by atoms with Gasteiger partial charge in [-0.05, 0) is 74.9 Å². The van der Waals surface area contributed by atoms with E-state index in [0.717, 1.165) is 0 Å². The number of hydrogen-bond donors (Lipinski definition) is 0. The molecule has 80 valence electrons. The molecule has 0 heterocycles. The largest absolute Gasteiger partial charge is 0.0683 e. The minimum absolute atomic E-state index is 1.45. The van der Waals surface area contributed by atoms with Crippen molar-refractivity contribution in [3.05, 3.63) is 33.4 Å². The van der Waals surface area contributed by atoms with Crippen LogP contribution in [0.3, 0.4) is 0 Å². The second-order valence-electron chi connectivity index (χ2n) is 3.75. The van der Waals surface area contributed by atoms with Crippen molar-refractivity contribution in [1.82, 2.24) is 0 Å². The lowest BCUT2D eigenvalue weighted by molar-refractivity contribution is 1.13. The van der Waals surface area contributed by atoms with Gasteiger partial charge in [0.1, 0.15) is 0 Å². The molecule has 0 aliphatic heterocycles. The van der Waals surface area contributed by atoms with E-state index in [9.17, 15) is 0 Å². The van der Waals surface area contributed by atoms with Crippen molar-refractivity contribution in [2.75, 3.05) is 0 Å². The molecule has 14 heavy (non-hydrogen) atoms. The summed E-state index contributed by atoms with van der Waals surface area (Å²) in [4.78, 5) is 0. The molecule has 0 unspecified atom stereocenters. The third-order valence-corrected chi connectivity index (χ3v) is 3.38. The van der Waals surface area contributed by atoms with Crippen LogP contribution in [-0.2, 0) is 0 Å². The van der Waals surface area contributed by atoms with Gasteiger partial charge in [0.2, 0.25) is 0 Å². The molecule has 0 heteroatoms. The Morgan fingerprint density at radius 2 is 0.429 bits per heavy atom. The summed E-state index contributed by atoms with van der Waals surface area (Å²) in [5.41, 5.74) is 8.73. The van der Waals surface area contributed by atoms with Gasteiger partial charge < -0.3 is 0 Å². The molecule has 0 bridgehead atoms. The van der Waals surface area contributed by atoms with E-state index in [1.807, 2.05) is 13.8 Å². The van der Waals surface area contributed by atoms with Gasteiger partial charge in [0.15, 0.2) is 0 Å². The second-order valence-corrected chi connectivity index (χ2v) is 3.75. The van der Waals surface area contributed by atoms with E-state index in [4.69, 9.17) is 0 Å². The second kappa shape index (κ2) is 5.19. The topological polar surface area (TPSA) is 0 Å². The normalized spacial score (nSPS) is 9.43. The highest BCUT2D eigenvalue weighted by molar-refractivity contribution is 5.48. The van der Waals surface area contributed by atoms with Crippen LogP contribution in [0, 0.1) is 41.5 Å². The Morgan fingerprint density at radius 1 is 0.357 bits per heavy atom. The van der Waals surface area contributed by atoms with E-state index in [2.05, 4.69) is 41.5 Å². The Kier molecular flexibility index (Phi) is 4.90. The molecular weight excluding hydrogens is 168 g/mol. The van der Waals surface area contributed by atoms with Crippen molar-refractivity contribution in [2.45, 2.75) is 55.4 Å². The lowest BCUT2D eigenvalue weighted by Gasteiger charge is -2.15. The Morgan fingerprint density at radius 3 is 0.500 bits per heavy atom. The summed E-state index contributed by atoms with van der Waals surface area (Å²) < 4.78 is 0. The van der Waals surface area contributed by atoms with Crippen LogP contribution in [0.15, 0.2) is 0 Å². The molecule has 0 aromatic heterocycles. The van der Waals surface area contributed by atoms with Crippen LogP contribution in [-0.4, -0.2) is 0 Å². The molecule has 0 saturated carbocycles. The summed E-state index contributed by atoms with van der Waals surface area (Å²) in [6.07, 6.45) is 0. The first-order valence-corrected chi connectivity index (χ1v) is 5.50. The average Bonchev–Trinajstić information content (AvgIpc) is 2.24. The fourth-order valence-electron chi connectivity index (χ4n) is 1.69. The molecule has 0 saturated heterocycles. The SMILES string of the molecule is CC.Cc1c(C)c(C)c(C)c(C)c1C. The van der Waals surface area contributed by atoms with E-state index in [1.54, 1.807) is 0 Å². The molecule has 0 amide bonds. The quantitative estimate of drug-likeness (QED) is 0.565. The van der Waals surface area contributed by atoms with Gasteiger partial charge in [0.05, 0.1) is 0 Å². The third-order valence-electron chi connectivity index (χ3n) is 3.38. The molecule has 0 radical (unpaired) electrons. The highest BCUT2D eigenvalue weighted by atomic mass is 14.1. The molecule has 1 aromatic rings. The van der Waals surface area contributed by atoms with Crippen molar-refractivity contribution in [2.24, 2.45) is 0 Å². The van der Waals surface area contributed by atoms with E-state index >= 15 is 0 Å². The Hall–Kier alpha value is -0.780. The van der Waals surface area contributed by atoms with Gasteiger partial charge in [-0.25, -0.2) is 0 Å². The van der Waals surface area contributed by atoms with Crippen molar-refractivity contribution >= 4 is 0 Å². The first-order chi connectivity index (χ1) is 6.46. The predicted octanol–water partition coefficient (Wildman–Crippen LogP) is 4.56. The summed E-state index contributed by atoms with van der Waals surface area (Å²) in [5, 5.41) is 0. The zero-order valence-corrected chi connectivity index (χ0v) is 11.0. The molecule has 0 aliphatic rings. The standard InChI is InChI=1S/C12H18.C2H6/c1-7-8(2)10(4)12(6)11(5)9(7)3;1-2/h1-6H3;1-2H3. The minimum atomic E-state index is 1.45. The van der Waals surface area contributed by atoms with Crippen LogP contribution in [0.2, 0.25) is 0 Å². The van der Waals surface area contributed by atoms with E-state index in [0.29, 0.717) is 0 Å². The lowest BCUT2D eigenvalue weighted by Crippen LogP contribution is -1.98. The molecule has 0 aliphatic carbocycles. The zero-order valence-electron chi connectivity index (χ0n) is 11.0. The van der Waals surface area contributed by atoms with Crippen LogP contribution in [0.4, 0.5) is 0 Å². The number of benzene rings is 1. The van der Waals surface area contributed by atoms with E-state index in [1.165, 1.54) is 33.4 Å². The van der Waals surface area contributed by atoms with E-state index < -0.39 is 0 Å². The summed E-state index contributed by atoms with van der Waals surface area (Å²) in [7, 11) is 0. The van der Waals surface area contributed by atoms with Crippen molar-refractivity contribution in [1.29, 1.82) is 0 Å². The van der Waals surface area contributed by atoms with Gasteiger partial charge in [0, 0.05) is 0 Å². The van der Waals surface area contributed by atoms with Crippen molar-refractivity contribution < 1.29 is 0 Å². The summed E-state index contributed by atoms with van der Waals surface area (Å²) in [6, 6.07) is 0. The first kappa shape index (κ1) is 13.2. The Labute approximate surface area is 89.4 Å². The summed E-state index contributed by atoms with van der Waals surface area (Å²) in [6.45, 7) is 17.3. The maximum absolute atomic E-state index is 2.21. The molecule has 1 rings (SSSR count). The van der Waals surface area contributed by atoms with Crippen LogP contribution in [0.1, 0.15) is 47.2 Å². The first-order valence-electron chi connectivity index (χ1n) is 5.50. The van der Waals surface area contributed by atoms with Crippen LogP contribution in [0.25, 0.3) is 0 Å². The highest BCUT2D eigenvalue weighted by Gasteiger charge is 2.07. The molecule has 0 N–H and O–H groups in total. The fraction of sp³-hybridized carbons (Fsp3) is 0.571. The molecule has 0 fully saturated rings. The zero-order chi connectivity index (χ0) is 11.5.